The highest BCUT2D eigenvalue weighted by atomic mass is 19.2. The molecule has 5 rings (SSSR count). The SMILES string of the molecule is COCCOCCn1cc(CCCCCCO[C@]2(C(=O)O)C[C@H](O)[C@@H](NC(=O)CO)[C@H]([C@H](O)[C@H](O)CNC(=O)Cc3ccc(-c4cn(CCOCCOCCOCCOCCC(=O)Oc5c(F)c(F)c(F)c(F)c5F)nn4)cc3)O2)nn1. The Morgan fingerprint density at radius 1 is 0.732 bits per heavy atom. The van der Waals surface area contributed by atoms with E-state index in [9.17, 15) is 66.7 Å². The van der Waals surface area contributed by atoms with Gasteiger partial charge in [0.1, 0.15) is 24.5 Å². The number of carboxylic acid groups (broad SMARTS) is 1. The van der Waals surface area contributed by atoms with Crippen molar-refractivity contribution < 1.29 is 109 Å². The fraction of sp³-hybridized carbons (Fsp3) is 0.608. The minimum atomic E-state index is -2.49. The Balaban J connectivity index is 0.944. The number of rotatable bonds is 40. The molecule has 0 spiro atoms. The first-order valence-corrected chi connectivity index (χ1v) is 26.2. The number of aliphatic hydroxyl groups excluding tert-OH is 4. The number of hydrogen-bond donors (Lipinski definition) is 7. The molecule has 82 heavy (non-hydrogen) atoms. The van der Waals surface area contributed by atoms with Gasteiger partial charge in [0.15, 0.2) is 0 Å². The number of amides is 2. The van der Waals surface area contributed by atoms with Crippen LogP contribution in [0.2, 0.25) is 0 Å². The quantitative estimate of drug-likeness (QED) is 0.00799. The summed E-state index contributed by atoms with van der Waals surface area (Å²) in [5.41, 5.74) is 2.62. The van der Waals surface area contributed by atoms with Crippen LogP contribution in [0.3, 0.4) is 0 Å². The molecule has 1 fully saturated rings. The molecular formula is C51H69F5N8O18. The molecule has 6 atom stereocenters. The number of nitrogens with one attached hydrogen (secondary N) is 2. The summed E-state index contributed by atoms with van der Waals surface area (Å²) in [7, 11) is 1.60. The van der Waals surface area contributed by atoms with Crippen LogP contribution in [0.1, 0.15) is 49.8 Å². The molecule has 0 saturated carbocycles. The van der Waals surface area contributed by atoms with Gasteiger partial charge in [-0.05, 0) is 24.8 Å². The monoisotopic (exact) mass is 1180 g/mol. The van der Waals surface area contributed by atoms with Crippen LogP contribution in [0, 0.1) is 29.1 Å². The Morgan fingerprint density at radius 2 is 1.30 bits per heavy atom. The molecule has 2 amide bonds. The average molecular weight is 1180 g/mol. The molecule has 26 nitrogen and oxygen atoms in total. The number of nitrogens with zero attached hydrogens (tertiary/aromatic N) is 6. The van der Waals surface area contributed by atoms with Gasteiger partial charge in [0, 0.05) is 31.8 Å². The largest absolute Gasteiger partial charge is 0.477 e. The second-order valence-electron chi connectivity index (χ2n) is 18.4. The van der Waals surface area contributed by atoms with Crippen LogP contribution in [0.15, 0.2) is 36.7 Å². The first kappa shape index (κ1) is 66.6. The Labute approximate surface area is 467 Å². The summed E-state index contributed by atoms with van der Waals surface area (Å²) < 4.78 is 118. The second kappa shape index (κ2) is 35.0. The number of aliphatic carboxylic acids is 1. The van der Waals surface area contributed by atoms with E-state index >= 15 is 0 Å². The number of hydrogen-bond acceptors (Lipinski definition) is 21. The van der Waals surface area contributed by atoms with E-state index in [0.29, 0.717) is 69.0 Å². The maximum absolute atomic E-state index is 13.7. The molecule has 1 aliphatic rings. The van der Waals surface area contributed by atoms with Gasteiger partial charge in [-0.2, -0.15) is 8.78 Å². The molecule has 0 radical (unpaired) electrons. The van der Waals surface area contributed by atoms with Crippen molar-refractivity contribution in [2.24, 2.45) is 0 Å². The third-order valence-electron chi connectivity index (χ3n) is 12.3. The van der Waals surface area contributed by atoms with Gasteiger partial charge < -0.3 is 78.8 Å². The summed E-state index contributed by atoms with van der Waals surface area (Å²) in [5.74, 6) is -20.0. The summed E-state index contributed by atoms with van der Waals surface area (Å²) in [6, 6.07) is 5.33. The van der Waals surface area contributed by atoms with Gasteiger partial charge in [-0.1, -0.05) is 47.5 Å². The predicted molar refractivity (Wildman–Crippen MR) is 270 cm³/mol. The van der Waals surface area contributed by atoms with Gasteiger partial charge in [-0.25, -0.2) is 27.3 Å². The predicted octanol–water partition coefficient (Wildman–Crippen LogP) is 0.565. The van der Waals surface area contributed by atoms with Crippen LogP contribution >= 0.6 is 0 Å². The van der Waals surface area contributed by atoms with Crippen LogP contribution in [0.25, 0.3) is 11.3 Å². The van der Waals surface area contributed by atoms with Crippen molar-refractivity contribution in [2.45, 2.75) is 101 Å². The van der Waals surface area contributed by atoms with E-state index in [4.69, 9.17) is 37.9 Å². The van der Waals surface area contributed by atoms with Crippen molar-refractivity contribution in [3.63, 3.8) is 0 Å². The summed E-state index contributed by atoms with van der Waals surface area (Å²) >= 11 is 0. The van der Waals surface area contributed by atoms with Crippen molar-refractivity contribution in [1.29, 1.82) is 0 Å². The van der Waals surface area contributed by atoms with E-state index in [-0.39, 0.29) is 65.9 Å². The molecule has 7 N–H and O–H groups in total. The number of halogens is 5. The normalized spacial score (nSPS) is 17.9. The van der Waals surface area contributed by atoms with Gasteiger partial charge in [0.25, 0.3) is 5.79 Å². The highest BCUT2D eigenvalue weighted by Gasteiger charge is 2.56. The van der Waals surface area contributed by atoms with Crippen LogP contribution in [0.4, 0.5) is 22.0 Å². The lowest BCUT2D eigenvalue weighted by molar-refractivity contribution is -0.310. The lowest BCUT2D eigenvalue weighted by atomic mass is 9.88. The molecule has 1 aliphatic heterocycles. The summed E-state index contributed by atoms with van der Waals surface area (Å²) in [6.45, 7) is 1.76. The fourth-order valence-electron chi connectivity index (χ4n) is 7.96. The fourth-order valence-corrected chi connectivity index (χ4v) is 7.96. The molecule has 1 saturated heterocycles. The number of unbranched alkanes of at least 4 members (excludes halogenated alkanes) is 3. The Bertz CT molecular complexity index is 2580. The number of methoxy groups -OCH3 is 1. The van der Waals surface area contributed by atoms with E-state index in [1.165, 1.54) is 0 Å². The lowest BCUT2D eigenvalue weighted by Crippen LogP contribution is -2.68. The van der Waals surface area contributed by atoms with Gasteiger partial charge >= 0.3 is 11.9 Å². The second-order valence-corrected chi connectivity index (χ2v) is 18.4. The standard InChI is InChI=1S/C51H69F5N8O18/c1-74-18-19-76-16-12-63-29-34(59-61-63)6-4-2-3-5-14-80-51(50(72)73)27-36(66)46(58-39(69)31-65)49(82-51)47(71)37(67)28-57-38(68)26-32-7-9-33(10-8-32)35-30-64(62-60-35)13-17-77-21-23-79-25-24-78-22-20-75-15-11-40(70)81-48-44(55)42(53)41(52)43(54)45(48)56/h7-10,29-30,36-37,46-47,49,65-67,71H,2-6,11-28,31H2,1H3,(H,57,68)(H,58,69)(H,72,73)/t36-,37+,46+,47+,49+,51+/m0/s1. The van der Waals surface area contributed by atoms with Crippen molar-refractivity contribution in [2.75, 3.05) is 99.5 Å². The smallest absolute Gasteiger partial charge is 0.364 e. The van der Waals surface area contributed by atoms with Crippen LogP contribution in [-0.2, 0) is 83.0 Å². The highest BCUT2D eigenvalue weighted by molar-refractivity contribution is 5.79. The van der Waals surface area contributed by atoms with E-state index in [1.807, 2.05) is 6.20 Å². The molecule has 0 unspecified atom stereocenters. The van der Waals surface area contributed by atoms with E-state index in [1.54, 1.807) is 46.9 Å². The average Bonchev–Trinajstić information content (AvgIpc) is 3.55. The number of carbonyl (C=O) groups excluding carboxylic acids is 3. The Morgan fingerprint density at radius 3 is 1.93 bits per heavy atom. The topological polar surface area (TPSA) is 338 Å². The number of carbonyl (C=O) groups is 4. The summed E-state index contributed by atoms with van der Waals surface area (Å²) in [6.07, 6.45) is -1.85. The first-order valence-electron chi connectivity index (χ1n) is 26.2. The Hall–Kier alpha value is -6.23. The number of esters is 1. The molecule has 456 valence electrons. The lowest BCUT2D eigenvalue weighted by Gasteiger charge is -2.46. The van der Waals surface area contributed by atoms with Crippen LogP contribution < -0.4 is 15.4 Å². The molecule has 2 aromatic heterocycles. The zero-order valence-electron chi connectivity index (χ0n) is 44.9. The van der Waals surface area contributed by atoms with E-state index in [2.05, 4.69) is 36.0 Å². The van der Waals surface area contributed by atoms with E-state index < -0.39 is 121 Å². The van der Waals surface area contributed by atoms with Gasteiger partial charge in [-0.3, -0.25) is 14.4 Å². The van der Waals surface area contributed by atoms with Crippen molar-refractivity contribution in [3.05, 3.63) is 77.0 Å². The number of carboxylic acids is 1. The zero-order chi connectivity index (χ0) is 59.4. The molecule has 4 aromatic rings. The molecule has 3 heterocycles. The first-order chi connectivity index (χ1) is 39.5. The van der Waals surface area contributed by atoms with E-state index in [0.717, 1.165) is 18.5 Å². The molecule has 31 heteroatoms. The summed E-state index contributed by atoms with van der Waals surface area (Å²) in [5, 5.41) is 74.6. The molecule has 0 bridgehead atoms. The number of aromatic nitrogens is 6. The summed E-state index contributed by atoms with van der Waals surface area (Å²) in [4.78, 5) is 49.7. The van der Waals surface area contributed by atoms with Gasteiger partial charge in [0.05, 0.1) is 135 Å². The molecule has 0 aliphatic carbocycles. The molecule has 2 aromatic carbocycles. The third kappa shape index (κ3) is 21.2. The maximum atomic E-state index is 13.7. The van der Waals surface area contributed by atoms with Crippen LogP contribution in [-0.4, -0.2) is 215 Å². The maximum Gasteiger partial charge on any atom is 0.364 e. The zero-order valence-corrected chi connectivity index (χ0v) is 44.9. The third-order valence-corrected chi connectivity index (χ3v) is 12.3. The minimum Gasteiger partial charge on any atom is -0.477 e. The van der Waals surface area contributed by atoms with Gasteiger partial charge in [-0.15, -0.1) is 10.2 Å². The molecular weight excluding hydrogens is 1110 g/mol. The Kier molecular flexibility index (Phi) is 28.4. The highest BCUT2D eigenvalue weighted by Crippen LogP contribution is 2.34. The van der Waals surface area contributed by atoms with Gasteiger partial charge in [0.2, 0.25) is 46.6 Å². The van der Waals surface area contributed by atoms with Crippen molar-refractivity contribution in [3.8, 4) is 17.0 Å². The number of ether oxygens (including phenoxy) is 9. The number of aliphatic hydroxyl groups is 4. The van der Waals surface area contributed by atoms with Crippen LogP contribution in [0.5, 0.6) is 5.75 Å². The number of benzene rings is 2. The number of aryl methyl sites for hydroxylation is 1. The van der Waals surface area contributed by atoms with Crippen molar-refractivity contribution in [1.82, 2.24) is 40.6 Å². The van der Waals surface area contributed by atoms with Crippen molar-refractivity contribution >= 4 is 23.8 Å². The minimum absolute atomic E-state index is 0.0208.